The standard InChI is InChI=1S/C17H17FN2O3S/c1-22-11-3-4-15(23-2)13(9-11)17-20(7-8-24-17)16(21)12-5-6-19-10-14(12)18/h3-6,9-10,17H,7-8H2,1-2H3. The van der Waals surface area contributed by atoms with Crippen LogP contribution in [0.15, 0.2) is 36.7 Å². The third-order valence-corrected chi connectivity index (χ3v) is 5.10. The van der Waals surface area contributed by atoms with E-state index in [4.69, 9.17) is 9.47 Å². The molecule has 0 bridgehead atoms. The molecule has 1 aliphatic heterocycles. The van der Waals surface area contributed by atoms with Crippen LogP contribution in [0.5, 0.6) is 11.5 Å². The van der Waals surface area contributed by atoms with Crippen LogP contribution in [-0.4, -0.2) is 42.3 Å². The summed E-state index contributed by atoms with van der Waals surface area (Å²) >= 11 is 1.61. The van der Waals surface area contributed by atoms with Gasteiger partial charge in [-0.25, -0.2) is 4.39 Å². The Balaban J connectivity index is 1.97. The minimum absolute atomic E-state index is 0.0272. The molecular weight excluding hydrogens is 331 g/mol. The quantitative estimate of drug-likeness (QED) is 0.850. The minimum atomic E-state index is -0.615. The summed E-state index contributed by atoms with van der Waals surface area (Å²) < 4.78 is 24.6. The largest absolute Gasteiger partial charge is 0.497 e. The van der Waals surface area contributed by atoms with Crippen LogP contribution in [0.4, 0.5) is 4.39 Å². The first kappa shape index (κ1) is 16.6. The van der Waals surface area contributed by atoms with Gasteiger partial charge in [0.25, 0.3) is 5.91 Å². The van der Waals surface area contributed by atoms with E-state index >= 15 is 0 Å². The summed E-state index contributed by atoms with van der Waals surface area (Å²) in [4.78, 5) is 18.1. The number of carbonyl (C=O) groups excluding carboxylic acids is 1. The molecule has 1 aromatic carbocycles. The number of pyridine rings is 1. The SMILES string of the molecule is COc1ccc(OC)c(C2SCCN2C(=O)c2ccncc2F)c1. The van der Waals surface area contributed by atoms with Gasteiger partial charge in [0.2, 0.25) is 0 Å². The highest BCUT2D eigenvalue weighted by atomic mass is 32.2. The zero-order chi connectivity index (χ0) is 17.1. The van der Waals surface area contributed by atoms with Crippen LogP contribution >= 0.6 is 11.8 Å². The van der Waals surface area contributed by atoms with Crippen molar-refractivity contribution in [3.63, 3.8) is 0 Å². The first-order valence-electron chi connectivity index (χ1n) is 7.39. The molecule has 3 rings (SSSR count). The van der Waals surface area contributed by atoms with E-state index in [0.717, 1.165) is 17.5 Å². The minimum Gasteiger partial charge on any atom is -0.497 e. The number of aromatic nitrogens is 1. The number of benzene rings is 1. The Bertz CT molecular complexity index is 756. The summed E-state index contributed by atoms with van der Waals surface area (Å²) in [7, 11) is 3.17. The smallest absolute Gasteiger partial charge is 0.258 e. The maximum Gasteiger partial charge on any atom is 0.258 e. The van der Waals surface area contributed by atoms with Gasteiger partial charge in [0.1, 0.15) is 16.9 Å². The van der Waals surface area contributed by atoms with Crippen LogP contribution in [0.1, 0.15) is 21.3 Å². The Hall–Kier alpha value is -2.28. The van der Waals surface area contributed by atoms with Crippen molar-refractivity contribution in [2.45, 2.75) is 5.37 Å². The molecule has 1 aromatic heterocycles. The van der Waals surface area contributed by atoms with Gasteiger partial charge in [-0.3, -0.25) is 9.78 Å². The van der Waals surface area contributed by atoms with Crippen LogP contribution in [0.25, 0.3) is 0 Å². The van der Waals surface area contributed by atoms with Crippen molar-refractivity contribution in [3.05, 3.63) is 53.6 Å². The van der Waals surface area contributed by atoms with E-state index in [-0.39, 0.29) is 16.8 Å². The average molecular weight is 348 g/mol. The van der Waals surface area contributed by atoms with E-state index in [1.807, 2.05) is 12.1 Å². The number of ether oxygens (including phenoxy) is 2. The molecule has 0 saturated carbocycles. The third-order valence-electron chi connectivity index (χ3n) is 3.86. The van der Waals surface area contributed by atoms with Crippen molar-refractivity contribution in [1.29, 1.82) is 0 Å². The van der Waals surface area contributed by atoms with Gasteiger partial charge in [0, 0.05) is 24.1 Å². The molecule has 1 amide bonds. The van der Waals surface area contributed by atoms with Gasteiger partial charge in [-0.05, 0) is 24.3 Å². The van der Waals surface area contributed by atoms with Gasteiger partial charge in [-0.1, -0.05) is 0 Å². The van der Waals surface area contributed by atoms with E-state index in [9.17, 15) is 9.18 Å². The third kappa shape index (κ3) is 3.03. The Labute approximate surface area is 143 Å². The maximum absolute atomic E-state index is 13.9. The van der Waals surface area contributed by atoms with Crippen LogP contribution in [0.3, 0.4) is 0 Å². The Kier molecular flexibility index (Phi) is 4.89. The summed E-state index contributed by atoms with van der Waals surface area (Å²) in [5.74, 6) is 1.15. The van der Waals surface area contributed by atoms with E-state index in [2.05, 4.69) is 4.98 Å². The molecule has 1 saturated heterocycles. The topological polar surface area (TPSA) is 51.7 Å². The molecule has 1 aliphatic rings. The fourth-order valence-electron chi connectivity index (χ4n) is 2.67. The number of hydrogen-bond acceptors (Lipinski definition) is 5. The van der Waals surface area contributed by atoms with E-state index in [1.165, 1.54) is 12.3 Å². The molecule has 1 unspecified atom stereocenters. The van der Waals surface area contributed by atoms with E-state index < -0.39 is 5.82 Å². The Morgan fingerprint density at radius 2 is 2.17 bits per heavy atom. The average Bonchev–Trinajstić information content (AvgIpc) is 3.10. The molecule has 24 heavy (non-hydrogen) atoms. The highest BCUT2D eigenvalue weighted by molar-refractivity contribution is 7.99. The molecule has 0 spiro atoms. The molecule has 7 heteroatoms. The van der Waals surface area contributed by atoms with Gasteiger partial charge < -0.3 is 14.4 Å². The predicted molar refractivity (Wildman–Crippen MR) is 90.0 cm³/mol. The zero-order valence-corrected chi connectivity index (χ0v) is 14.2. The van der Waals surface area contributed by atoms with Gasteiger partial charge in [-0.2, -0.15) is 0 Å². The molecule has 1 atom stereocenters. The summed E-state index contributed by atoms with van der Waals surface area (Å²) in [5.41, 5.74) is 0.863. The van der Waals surface area contributed by atoms with Crippen LogP contribution in [-0.2, 0) is 0 Å². The lowest BCUT2D eigenvalue weighted by molar-refractivity contribution is 0.0754. The zero-order valence-electron chi connectivity index (χ0n) is 13.4. The van der Waals surface area contributed by atoms with Gasteiger partial charge >= 0.3 is 0 Å². The number of hydrogen-bond donors (Lipinski definition) is 0. The number of methoxy groups -OCH3 is 2. The number of halogens is 1. The van der Waals surface area contributed by atoms with Crippen molar-refractivity contribution in [1.82, 2.24) is 9.88 Å². The van der Waals surface area contributed by atoms with E-state index in [0.29, 0.717) is 18.0 Å². The Morgan fingerprint density at radius 1 is 1.33 bits per heavy atom. The van der Waals surface area contributed by atoms with E-state index in [1.54, 1.807) is 36.9 Å². The van der Waals surface area contributed by atoms with Gasteiger partial charge in [0.15, 0.2) is 5.82 Å². The number of nitrogens with zero attached hydrogens (tertiary/aromatic N) is 2. The maximum atomic E-state index is 13.9. The summed E-state index contributed by atoms with van der Waals surface area (Å²) in [6.45, 7) is 0.538. The first-order valence-corrected chi connectivity index (χ1v) is 8.44. The van der Waals surface area contributed by atoms with Crippen LogP contribution in [0, 0.1) is 5.82 Å². The van der Waals surface area contributed by atoms with Crippen molar-refractivity contribution in [2.75, 3.05) is 26.5 Å². The number of thioether (sulfide) groups is 1. The van der Waals surface area contributed by atoms with Crippen LogP contribution < -0.4 is 9.47 Å². The number of amides is 1. The molecule has 0 N–H and O–H groups in total. The lowest BCUT2D eigenvalue weighted by Gasteiger charge is -2.26. The van der Waals surface area contributed by atoms with Crippen molar-refractivity contribution in [2.24, 2.45) is 0 Å². The van der Waals surface area contributed by atoms with Crippen molar-refractivity contribution in [3.8, 4) is 11.5 Å². The normalized spacial score (nSPS) is 17.0. The second-order valence-corrected chi connectivity index (χ2v) is 6.37. The van der Waals surface area contributed by atoms with Gasteiger partial charge in [-0.15, -0.1) is 11.8 Å². The molecule has 5 nitrogen and oxygen atoms in total. The van der Waals surface area contributed by atoms with Crippen molar-refractivity contribution < 1.29 is 18.7 Å². The summed E-state index contributed by atoms with van der Waals surface area (Å²) in [6, 6.07) is 6.87. The second kappa shape index (κ2) is 7.09. The molecule has 2 aromatic rings. The first-order chi connectivity index (χ1) is 11.7. The summed E-state index contributed by atoms with van der Waals surface area (Å²) in [6.07, 6.45) is 2.47. The van der Waals surface area contributed by atoms with Gasteiger partial charge in [0.05, 0.1) is 26.0 Å². The van der Waals surface area contributed by atoms with Crippen molar-refractivity contribution >= 4 is 17.7 Å². The highest BCUT2D eigenvalue weighted by Gasteiger charge is 2.34. The lowest BCUT2D eigenvalue weighted by atomic mass is 10.1. The molecule has 0 aliphatic carbocycles. The molecule has 0 radical (unpaired) electrons. The monoisotopic (exact) mass is 348 g/mol. The molecule has 1 fully saturated rings. The summed E-state index contributed by atoms with van der Waals surface area (Å²) in [5, 5.41) is -0.255. The number of carbonyl (C=O) groups is 1. The second-order valence-electron chi connectivity index (χ2n) is 5.19. The fourth-order valence-corrected chi connectivity index (χ4v) is 3.94. The van der Waals surface area contributed by atoms with Crippen LogP contribution in [0.2, 0.25) is 0 Å². The predicted octanol–water partition coefficient (Wildman–Crippen LogP) is 3.13. The molecule has 2 heterocycles. The lowest BCUT2D eigenvalue weighted by Crippen LogP contribution is -2.31. The fraction of sp³-hybridized carbons (Fsp3) is 0.294. The number of rotatable bonds is 4. The molecule has 126 valence electrons. The molecular formula is C17H17FN2O3S. The highest BCUT2D eigenvalue weighted by Crippen LogP contribution is 2.43. The Morgan fingerprint density at radius 3 is 2.88 bits per heavy atom.